The van der Waals surface area contributed by atoms with Crippen molar-refractivity contribution in [1.29, 1.82) is 0 Å². The average molecular weight is 460 g/mol. The summed E-state index contributed by atoms with van der Waals surface area (Å²) >= 11 is 9.66. The summed E-state index contributed by atoms with van der Waals surface area (Å²) in [5.41, 5.74) is 0.0738. The van der Waals surface area contributed by atoms with Crippen LogP contribution in [-0.4, -0.2) is 23.7 Å². The third-order valence-electron chi connectivity index (χ3n) is 4.88. The molecule has 1 rings (SSSR count). The lowest BCUT2D eigenvalue weighted by Gasteiger charge is -2.40. The second-order valence-electron chi connectivity index (χ2n) is 7.12. The van der Waals surface area contributed by atoms with Crippen LogP contribution in [0, 0.1) is 17.8 Å². The fourth-order valence-electron chi connectivity index (χ4n) is 3.24. The SMILES string of the molecule is C=CC(C(C)C)C(C)(NC(=O)NCC(CC)C(=O)O)c1ccc(Br)c(Cl)c1. The van der Waals surface area contributed by atoms with E-state index < -0.39 is 23.5 Å². The van der Waals surface area contributed by atoms with E-state index in [0.717, 1.165) is 10.0 Å². The van der Waals surface area contributed by atoms with E-state index in [2.05, 4.69) is 47.0 Å². The molecule has 0 bridgehead atoms. The number of aliphatic carboxylic acids is 1. The molecule has 0 saturated heterocycles. The highest BCUT2D eigenvalue weighted by molar-refractivity contribution is 9.10. The van der Waals surface area contributed by atoms with Gasteiger partial charge in [0.1, 0.15) is 0 Å². The number of carboxylic acids is 1. The van der Waals surface area contributed by atoms with Gasteiger partial charge in [-0.3, -0.25) is 4.79 Å². The molecular weight excluding hydrogens is 432 g/mol. The average Bonchev–Trinajstić information content (AvgIpc) is 2.57. The summed E-state index contributed by atoms with van der Waals surface area (Å²) < 4.78 is 0.770. The van der Waals surface area contributed by atoms with E-state index in [4.69, 9.17) is 16.7 Å². The number of carbonyl (C=O) groups excluding carboxylic acids is 1. The number of halogens is 2. The molecule has 0 aliphatic carbocycles. The third-order valence-corrected chi connectivity index (χ3v) is 6.11. The van der Waals surface area contributed by atoms with Crippen molar-refractivity contribution in [3.05, 3.63) is 45.9 Å². The van der Waals surface area contributed by atoms with Gasteiger partial charge in [0.25, 0.3) is 0 Å². The highest BCUT2D eigenvalue weighted by Crippen LogP contribution is 2.37. The standard InChI is InChI=1S/C20H28BrClN2O3/c1-6-13(18(25)26)11-23-19(27)24-20(5,15(7-2)12(3)4)14-8-9-16(21)17(22)10-14/h7-10,12-13,15H,2,6,11H2,1,3-5H3,(H,25,26)(H2,23,24,27). The first-order valence-corrected chi connectivity index (χ1v) is 10.1. The first kappa shape index (κ1) is 23.5. The lowest BCUT2D eigenvalue weighted by molar-refractivity contribution is -0.141. The monoisotopic (exact) mass is 458 g/mol. The Hall–Kier alpha value is -1.53. The molecule has 3 unspecified atom stereocenters. The molecule has 7 heteroatoms. The van der Waals surface area contributed by atoms with Crippen LogP contribution in [0.2, 0.25) is 5.02 Å². The maximum Gasteiger partial charge on any atom is 0.315 e. The van der Waals surface area contributed by atoms with E-state index >= 15 is 0 Å². The molecule has 0 fully saturated rings. The number of rotatable bonds is 9. The zero-order valence-electron chi connectivity index (χ0n) is 16.2. The normalized spacial score (nSPS) is 15.5. The number of benzene rings is 1. The summed E-state index contributed by atoms with van der Waals surface area (Å²) in [6.45, 7) is 11.8. The van der Waals surface area contributed by atoms with E-state index in [-0.39, 0.29) is 18.4 Å². The van der Waals surface area contributed by atoms with Crippen LogP contribution in [-0.2, 0) is 10.3 Å². The van der Waals surface area contributed by atoms with Gasteiger partial charge < -0.3 is 15.7 Å². The van der Waals surface area contributed by atoms with E-state index in [1.807, 2.05) is 31.2 Å². The van der Waals surface area contributed by atoms with Gasteiger partial charge in [0.15, 0.2) is 0 Å². The van der Waals surface area contributed by atoms with E-state index in [1.165, 1.54) is 0 Å². The zero-order valence-corrected chi connectivity index (χ0v) is 18.5. The minimum Gasteiger partial charge on any atom is -0.481 e. The molecule has 1 aromatic carbocycles. The molecule has 150 valence electrons. The summed E-state index contributed by atoms with van der Waals surface area (Å²) in [7, 11) is 0. The summed E-state index contributed by atoms with van der Waals surface area (Å²) in [6.07, 6.45) is 2.27. The molecule has 0 radical (unpaired) electrons. The molecule has 0 heterocycles. The molecule has 5 nitrogen and oxygen atoms in total. The van der Waals surface area contributed by atoms with Crippen molar-refractivity contribution in [1.82, 2.24) is 10.6 Å². The third kappa shape index (κ3) is 5.98. The van der Waals surface area contributed by atoms with Crippen LogP contribution in [0.4, 0.5) is 4.79 Å². The lowest BCUT2D eigenvalue weighted by Crippen LogP contribution is -2.54. The van der Waals surface area contributed by atoms with E-state index in [9.17, 15) is 9.59 Å². The molecule has 0 spiro atoms. The van der Waals surface area contributed by atoms with Crippen LogP contribution in [0.5, 0.6) is 0 Å². The number of carboxylic acid groups (broad SMARTS) is 1. The van der Waals surface area contributed by atoms with Crippen LogP contribution in [0.3, 0.4) is 0 Å². The highest BCUT2D eigenvalue weighted by atomic mass is 79.9. The van der Waals surface area contributed by atoms with E-state index in [1.54, 1.807) is 6.92 Å². The van der Waals surface area contributed by atoms with Crippen LogP contribution in [0.1, 0.15) is 39.7 Å². The van der Waals surface area contributed by atoms with Crippen molar-refractivity contribution in [2.24, 2.45) is 17.8 Å². The van der Waals surface area contributed by atoms with Gasteiger partial charge in [-0.2, -0.15) is 0 Å². The number of hydrogen-bond acceptors (Lipinski definition) is 2. The van der Waals surface area contributed by atoms with Crippen molar-refractivity contribution >= 4 is 39.5 Å². The Labute approximate surface area is 174 Å². The Morgan fingerprint density at radius 1 is 1.41 bits per heavy atom. The van der Waals surface area contributed by atoms with E-state index in [0.29, 0.717) is 11.4 Å². The van der Waals surface area contributed by atoms with Crippen molar-refractivity contribution in [2.45, 2.75) is 39.7 Å². The maximum absolute atomic E-state index is 12.6. The van der Waals surface area contributed by atoms with Crippen molar-refractivity contribution < 1.29 is 14.7 Å². The molecule has 0 aromatic heterocycles. The van der Waals surface area contributed by atoms with Crippen LogP contribution in [0.15, 0.2) is 35.3 Å². The molecule has 27 heavy (non-hydrogen) atoms. The van der Waals surface area contributed by atoms with Gasteiger partial charge in [-0.05, 0) is 52.9 Å². The number of carbonyl (C=O) groups is 2. The summed E-state index contributed by atoms with van der Waals surface area (Å²) in [5, 5.41) is 15.4. The van der Waals surface area contributed by atoms with Gasteiger partial charge >= 0.3 is 12.0 Å². The van der Waals surface area contributed by atoms with Crippen molar-refractivity contribution in [3.8, 4) is 0 Å². The minimum atomic E-state index is -0.925. The van der Waals surface area contributed by atoms with Crippen LogP contribution in [0.25, 0.3) is 0 Å². The number of nitrogens with one attached hydrogen (secondary N) is 2. The van der Waals surface area contributed by atoms with Gasteiger partial charge in [-0.1, -0.05) is 44.5 Å². The first-order valence-electron chi connectivity index (χ1n) is 8.93. The van der Waals surface area contributed by atoms with Gasteiger partial charge in [-0.15, -0.1) is 6.58 Å². The highest BCUT2D eigenvalue weighted by Gasteiger charge is 2.38. The predicted molar refractivity (Wildman–Crippen MR) is 113 cm³/mol. The van der Waals surface area contributed by atoms with Crippen LogP contribution < -0.4 is 10.6 Å². The molecule has 0 aliphatic heterocycles. The fraction of sp³-hybridized carbons (Fsp3) is 0.500. The lowest BCUT2D eigenvalue weighted by atomic mass is 9.74. The molecule has 2 amide bonds. The molecule has 0 aliphatic rings. The minimum absolute atomic E-state index is 0.0648. The van der Waals surface area contributed by atoms with Gasteiger partial charge in [0.2, 0.25) is 0 Å². The van der Waals surface area contributed by atoms with Crippen molar-refractivity contribution in [3.63, 3.8) is 0 Å². The first-order chi connectivity index (χ1) is 12.6. The predicted octanol–water partition coefficient (Wildman–Crippen LogP) is 5.19. The number of urea groups is 1. The molecule has 0 saturated carbocycles. The second kappa shape index (κ2) is 10.1. The maximum atomic E-state index is 12.6. The zero-order chi connectivity index (χ0) is 20.8. The smallest absolute Gasteiger partial charge is 0.315 e. The molecular formula is C20H28BrClN2O3. The Kier molecular flexibility index (Phi) is 8.82. The van der Waals surface area contributed by atoms with Crippen molar-refractivity contribution in [2.75, 3.05) is 6.54 Å². The quantitative estimate of drug-likeness (QED) is 0.445. The van der Waals surface area contributed by atoms with Crippen LogP contribution >= 0.6 is 27.5 Å². The van der Waals surface area contributed by atoms with Gasteiger partial charge in [-0.25, -0.2) is 4.79 Å². The summed E-state index contributed by atoms with van der Waals surface area (Å²) in [4.78, 5) is 23.7. The topological polar surface area (TPSA) is 78.4 Å². The fourth-order valence-corrected chi connectivity index (χ4v) is 3.67. The Bertz CT molecular complexity index is 696. The molecule has 3 atom stereocenters. The molecule has 3 N–H and O–H groups in total. The summed E-state index contributed by atoms with van der Waals surface area (Å²) in [5.74, 6) is -1.41. The molecule has 1 aromatic rings. The van der Waals surface area contributed by atoms with Gasteiger partial charge in [0.05, 0.1) is 16.5 Å². The summed E-state index contributed by atoms with van der Waals surface area (Å²) in [6, 6.07) is 5.13. The van der Waals surface area contributed by atoms with Gasteiger partial charge in [0, 0.05) is 16.9 Å². The Balaban J connectivity index is 3.15. The number of hydrogen-bond donors (Lipinski definition) is 3. The second-order valence-corrected chi connectivity index (χ2v) is 8.38. The Morgan fingerprint density at radius 3 is 2.48 bits per heavy atom. The number of amides is 2. The Morgan fingerprint density at radius 2 is 2.04 bits per heavy atom. The largest absolute Gasteiger partial charge is 0.481 e.